The van der Waals surface area contributed by atoms with Gasteiger partial charge in [-0.2, -0.15) is 4.98 Å². The third-order valence-corrected chi connectivity index (χ3v) is 4.93. The lowest BCUT2D eigenvalue weighted by Crippen LogP contribution is -2.41. The SMILES string of the molecule is Cc1nc(CN2CCCC(Nc3ncnc4ccsc34)C2)no1. The molecular formula is C15H18N6OS. The van der Waals surface area contributed by atoms with Crippen molar-refractivity contribution < 1.29 is 4.52 Å². The lowest BCUT2D eigenvalue weighted by molar-refractivity contribution is 0.201. The van der Waals surface area contributed by atoms with E-state index in [1.807, 2.05) is 13.0 Å². The van der Waals surface area contributed by atoms with Crippen LogP contribution < -0.4 is 5.32 Å². The number of aryl methyl sites for hydroxylation is 1. The quantitative estimate of drug-likeness (QED) is 0.787. The summed E-state index contributed by atoms with van der Waals surface area (Å²) in [6, 6.07) is 2.40. The molecule has 1 aliphatic rings. The summed E-state index contributed by atoms with van der Waals surface area (Å²) < 4.78 is 6.17. The van der Waals surface area contributed by atoms with Gasteiger partial charge < -0.3 is 9.84 Å². The molecule has 1 aliphatic heterocycles. The van der Waals surface area contributed by atoms with Crippen LogP contribution in [-0.4, -0.2) is 44.1 Å². The largest absolute Gasteiger partial charge is 0.365 e. The number of likely N-dealkylation sites (tertiary alicyclic amines) is 1. The summed E-state index contributed by atoms with van der Waals surface area (Å²) in [6.07, 6.45) is 3.91. The number of nitrogens with zero attached hydrogens (tertiary/aromatic N) is 5. The molecule has 0 bridgehead atoms. The molecule has 8 heteroatoms. The van der Waals surface area contributed by atoms with Gasteiger partial charge in [-0.3, -0.25) is 4.90 Å². The second-order valence-electron chi connectivity index (χ2n) is 5.81. The smallest absolute Gasteiger partial charge is 0.223 e. The number of rotatable bonds is 4. The summed E-state index contributed by atoms with van der Waals surface area (Å²) >= 11 is 1.68. The first kappa shape index (κ1) is 14.5. The van der Waals surface area contributed by atoms with Gasteiger partial charge in [0.1, 0.15) is 12.1 Å². The van der Waals surface area contributed by atoms with Crippen molar-refractivity contribution in [1.82, 2.24) is 25.0 Å². The molecule has 0 saturated carbocycles. The van der Waals surface area contributed by atoms with Gasteiger partial charge in [-0.15, -0.1) is 11.3 Å². The van der Waals surface area contributed by atoms with Gasteiger partial charge in [-0.05, 0) is 30.8 Å². The number of hydrogen-bond acceptors (Lipinski definition) is 8. The Balaban J connectivity index is 1.44. The molecule has 3 aromatic rings. The second-order valence-corrected chi connectivity index (χ2v) is 6.72. The van der Waals surface area contributed by atoms with Crippen molar-refractivity contribution in [2.75, 3.05) is 18.4 Å². The molecule has 1 fully saturated rings. The van der Waals surface area contributed by atoms with Gasteiger partial charge in [-0.25, -0.2) is 9.97 Å². The Morgan fingerprint density at radius 3 is 3.26 bits per heavy atom. The van der Waals surface area contributed by atoms with Crippen molar-refractivity contribution in [3.8, 4) is 0 Å². The van der Waals surface area contributed by atoms with Crippen molar-refractivity contribution in [2.24, 2.45) is 0 Å². The van der Waals surface area contributed by atoms with E-state index >= 15 is 0 Å². The summed E-state index contributed by atoms with van der Waals surface area (Å²) in [5.41, 5.74) is 1.00. The zero-order valence-electron chi connectivity index (χ0n) is 12.9. The molecule has 1 atom stereocenters. The van der Waals surface area contributed by atoms with Gasteiger partial charge in [0, 0.05) is 19.5 Å². The maximum atomic E-state index is 5.05. The van der Waals surface area contributed by atoms with Crippen LogP contribution >= 0.6 is 11.3 Å². The molecule has 4 rings (SSSR count). The van der Waals surface area contributed by atoms with Crippen LogP contribution in [0.3, 0.4) is 0 Å². The number of fused-ring (bicyclic) bond motifs is 1. The van der Waals surface area contributed by atoms with Gasteiger partial charge in [-0.1, -0.05) is 5.16 Å². The van der Waals surface area contributed by atoms with Crippen LogP contribution in [-0.2, 0) is 6.54 Å². The standard InChI is InChI=1S/C15H18N6OS/c1-10-18-13(20-22-10)8-21-5-2-3-11(7-21)19-15-14-12(4-6-23-14)16-9-17-15/h4,6,9,11H,2-3,5,7-8H2,1H3,(H,16,17,19). The monoisotopic (exact) mass is 330 g/mol. The molecule has 7 nitrogen and oxygen atoms in total. The summed E-state index contributed by atoms with van der Waals surface area (Å²) in [5.74, 6) is 2.31. The van der Waals surface area contributed by atoms with Gasteiger partial charge in [0.25, 0.3) is 0 Å². The van der Waals surface area contributed by atoms with Crippen LogP contribution in [0.5, 0.6) is 0 Å². The van der Waals surface area contributed by atoms with Crippen LogP contribution in [0.2, 0.25) is 0 Å². The Kier molecular flexibility index (Phi) is 3.92. The average Bonchev–Trinajstić information content (AvgIpc) is 3.17. The minimum atomic E-state index is 0.372. The van der Waals surface area contributed by atoms with E-state index in [1.54, 1.807) is 17.7 Å². The molecule has 3 aromatic heterocycles. The number of thiophene rings is 1. The highest BCUT2D eigenvalue weighted by molar-refractivity contribution is 7.17. The first-order valence-corrected chi connectivity index (χ1v) is 8.62. The van der Waals surface area contributed by atoms with Gasteiger partial charge in [0.05, 0.1) is 16.8 Å². The molecule has 1 N–H and O–H groups in total. The minimum Gasteiger partial charge on any atom is -0.365 e. The summed E-state index contributed by atoms with van der Waals surface area (Å²) in [6.45, 7) is 4.56. The number of nitrogens with one attached hydrogen (secondary N) is 1. The fourth-order valence-electron chi connectivity index (χ4n) is 3.01. The van der Waals surface area contributed by atoms with E-state index in [-0.39, 0.29) is 0 Å². The molecule has 0 aromatic carbocycles. The van der Waals surface area contributed by atoms with E-state index in [4.69, 9.17) is 4.52 Å². The number of anilines is 1. The minimum absolute atomic E-state index is 0.372. The third kappa shape index (κ3) is 3.18. The molecule has 1 saturated heterocycles. The van der Waals surface area contributed by atoms with E-state index < -0.39 is 0 Å². The molecular weight excluding hydrogens is 312 g/mol. The molecule has 0 spiro atoms. The Morgan fingerprint density at radius 2 is 2.39 bits per heavy atom. The Labute approximate surface area is 137 Å². The number of piperidine rings is 1. The van der Waals surface area contributed by atoms with Crippen molar-refractivity contribution in [2.45, 2.75) is 32.4 Å². The predicted octanol–water partition coefficient (Wildman–Crippen LogP) is 2.46. The van der Waals surface area contributed by atoms with E-state index in [1.165, 1.54) is 0 Å². The molecule has 1 unspecified atom stereocenters. The van der Waals surface area contributed by atoms with Crippen LogP contribution in [0, 0.1) is 6.92 Å². The zero-order valence-corrected chi connectivity index (χ0v) is 13.7. The highest BCUT2D eigenvalue weighted by atomic mass is 32.1. The van der Waals surface area contributed by atoms with Crippen molar-refractivity contribution in [3.63, 3.8) is 0 Å². The fourth-order valence-corrected chi connectivity index (χ4v) is 3.81. The summed E-state index contributed by atoms with van der Waals surface area (Å²) in [4.78, 5) is 15.4. The van der Waals surface area contributed by atoms with E-state index in [0.717, 1.165) is 54.3 Å². The predicted molar refractivity (Wildman–Crippen MR) is 88.4 cm³/mol. The average molecular weight is 330 g/mol. The molecule has 0 aliphatic carbocycles. The van der Waals surface area contributed by atoms with Gasteiger partial charge in [0.15, 0.2) is 5.82 Å². The topological polar surface area (TPSA) is 80.0 Å². The van der Waals surface area contributed by atoms with Crippen LogP contribution in [0.15, 0.2) is 22.3 Å². The molecule has 0 radical (unpaired) electrons. The van der Waals surface area contributed by atoms with E-state index in [2.05, 4.69) is 35.7 Å². The highest BCUT2D eigenvalue weighted by Gasteiger charge is 2.22. The lowest BCUT2D eigenvalue weighted by Gasteiger charge is -2.32. The van der Waals surface area contributed by atoms with Gasteiger partial charge in [0.2, 0.25) is 5.89 Å². The molecule has 120 valence electrons. The first-order valence-electron chi connectivity index (χ1n) is 7.74. The van der Waals surface area contributed by atoms with Crippen LogP contribution in [0.4, 0.5) is 5.82 Å². The van der Waals surface area contributed by atoms with E-state index in [0.29, 0.717) is 11.9 Å². The second kappa shape index (κ2) is 6.21. The Bertz CT molecular complexity index is 800. The fraction of sp³-hybridized carbons (Fsp3) is 0.467. The highest BCUT2D eigenvalue weighted by Crippen LogP contribution is 2.26. The molecule has 23 heavy (non-hydrogen) atoms. The molecule has 0 amide bonds. The maximum Gasteiger partial charge on any atom is 0.223 e. The van der Waals surface area contributed by atoms with Crippen molar-refractivity contribution in [1.29, 1.82) is 0 Å². The normalized spacial score (nSPS) is 19.3. The lowest BCUT2D eigenvalue weighted by atomic mass is 10.1. The summed E-state index contributed by atoms with van der Waals surface area (Å²) in [5, 5.41) is 9.62. The van der Waals surface area contributed by atoms with Crippen molar-refractivity contribution >= 4 is 27.4 Å². The molecule has 4 heterocycles. The number of hydrogen-bond donors (Lipinski definition) is 1. The third-order valence-electron chi connectivity index (χ3n) is 4.02. The zero-order chi connectivity index (χ0) is 15.6. The first-order chi connectivity index (χ1) is 11.3. The van der Waals surface area contributed by atoms with Crippen molar-refractivity contribution in [3.05, 3.63) is 29.5 Å². The Morgan fingerprint density at radius 1 is 1.43 bits per heavy atom. The van der Waals surface area contributed by atoms with E-state index in [9.17, 15) is 0 Å². The summed E-state index contributed by atoms with van der Waals surface area (Å²) in [7, 11) is 0. The Hall–Kier alpha value is -2.06. The van der Waals surface area contributed by atoms with Crippen LogP contribution in [0.1, 0.15) is 24.6 Å². The maximum absolute atomic E-state index is 5.05. The van der Waals surface area contributed by atoms with Crippen LogP contribution in [0.25, 0.3) is 10.2 Å². The van der Waals surface area contributed by atoms with Gasteiger partial charge >= 0.3 is 0 Å². The number of aromatic nitrogens is 4.